The Bertz CT molecular complexity index is 442. The minimum atomic E-state index is -0.452. The summed E-state index contributed by atoms with van der Waals surface area (Å²) in [6.45, 7) is 0. The van der Waals surface area contributed by atoms with E-state index in [1.165, 1.54) is 26.0 Å². The summed E-state index contributed by atoms with van der Waals surface area (Å²) < 4.78 is 25.0. The molecule has 0 saturated heterocycles. The summed E-state index contributed by atoms with van der Waals surface area (Å²) in [5.74, 6) is 0.184. The van der Waals surface area contributed by atoms with Crippen LogP contribution in [0, 0.1) is 5.82 Å². The molecule has 0 aliphatic heterocycles. The molecule has 1 aliphatic carbocycles. The van der Waals surface area contributed by atoms with Crippen LogP contribution >= 0.6 is 0 Å². The molecule has 1 aliphatic rings. The molecule has 1 atom stereocenters. The topological polar surface area (TPSA) is 44.5 Å². The second-order valence-corrected chi connectivity index (χ2v) is 5.55. The Kier molecular flexibility index (Phi) is 5.00. The van der Waals surface area contributed by atoms with Crippen molar-refractivity contribution in [1.29, 1.82) is 0 Å². The largest absolute Gasteiger partial charge is 0.497 e. The number of hydrogen-bond donors (Lipinski definition) is 1. The molecule has 1 aromatic rings. The van der Waals surface area contributed by atoms with Crippen LogP contribution in [-0.4, -0.2) is 19.8 Å². The standard InChI is InChI=1S/C16H24FNO2/c1-19-12-7-8-13(14(17)11-12)15(18)16(20-2)9-5-3-4-6-10-16/h7-8,11,15H,3-6,9-10,18H2,1-2H3. The van der Waals surface area contributed by atoms with Gasteiger partial charge in [0.05, 0.1) is 18.8 Å². The van der Waals surface area contributed by atoms with E-state index in [1.807, 2.05) is 0 Å². The molecule has 1 aromatic carbocycles. The van der Waals surface area contributed by atoms with Gasteiger partial charge in [-0.3, -0.25) is 0 Å². The summed E-state index contributed by atoms with van der Waals surface area (Å²) >= 11 is 0. The van der Waals surface area contributed by atoms with E-state index in [0.29, 0.717) is 11.3 Å². The monoisotopic (exact) mass is 281 g/mol. The summed E-state index contributed by atoms with van der Waals surface area (Å²) in [4.78, 5) is 0. The van der Waals surface area contributed by atoms with Gasteiger partial charge in [-0.2, -0.15) is 0 Å². The number of benzene rings is 1. The van der Waals surface area contributed by atoms with Crippen LogP contribution in [-0.2, 0) is 4.74 Å². The van der Waals surface area contributed by atoms with Crippen LogP contribution in [0.2, 0.25) is 0 Å². The molecule has 0 aromatic heterocycles. The smallest absolute Gasteiger partial charge is 0.131 e. The van der Waals surface area contributed by atoms with Gasteiger partial charge in [0.15, 0.2) is 0 Å². The lowest BCUT2D eigenvalue weighted by molar-refractivity contribution is -0.0449. The molecule has 0 amide bonds. The van der Waals surface area contributed by atoms with Crippen molar-refractivity contribution in [1.82, 2.24) is 0 Å². The molecule has 3 nitrogen and oxygen atoms in total. The van der Waals surface area contributed by atoms with E-state index in [2.05, 4.69) is 0 Å². The number of nitrogens with two attached hydrogens (primary N) is 1. The summed E-state index contributed by atoms with van der Waals surface area (Å²) in [5.41, 5.74) is 6.43. The van der Waals surface area contributed by atoms with Crippen molar-refractivity contribution in [3.63, 3.8) is 0 Å². The first kappa shape index (κ1) is 15.3. The fourth-order valence-electron chi connectivity index (χ4n) is 3.14. The van der Waals surface area contributed by atoms with Gasteiger partial charge >= 0.3 is 0 Å². The van der Waals surface area contributed by atoms with E-state index in [1.54, 1.807) is 19.2 Å². The molecule has 0 bridgehead atoms. The fraction of sp³-hybridized carbons (Fsp3) is 0.625. The number of methoxy groups -OCH3 is 2. The highest BCUT2D eigenvalue weighted by Crippen LogP contribution is 2.39. The van der Waals surface area contributed by atoms with Crippen LogP contribution < -0.4 is 10.5 Å². The lowest BCUT2D eigenvalue weighted by Gasteiger charge is -2.37. The highest BCUT2D eigenvalue weighted by Gasteiger charge is 2.39. The van der Waals surface area contributed by atoms with Crippen LogP contribution in [0.15, 0.2) is 18.2 Å². The second kappa shape index (κ2) is 6.55. The average Bonchev–Trinajstić information content (AvgIpc) is 2.72. The molecular weight excluding hydrogens is 257 g/mol. The summed E-state index contributed by atoms with van der Waals surface area (Å²) in [7, 11) is 3.21. The summed E-state index contributed by atoms with van der Waals surface area (Å²) in [6.07, 6.45) is 6.33. The van der Waals surface area contributed by atoms with Crippen molar-refractivity contribution in [2.45, 2.75) is 50.2 Å². The van der Waals surface area contributed by atoms with Gasteiger partial charge in [0.2, 0.25) is 0 Å². The maximum Gasteiger partial charge on any atom is 0.131 e. The molecule has 2 N–H and O–H groups in total. The first-order chi connectivity index (χ1) is 9.63. The van der Waals surface area contributed by atoms with E-state index < -0.39 is 11.6 Å². The number of hydrogen-bond acceptors (Lipinski definition) is 3. The Labute approximate surface area is 120 Å². The molecule has 1 fully saturated rings. The van der Waals surface area contributed by atoms with E-state index in [4.69, 9.17) is 15.2 Å². The minimum absolute atomic E-state index is 0.322. The zero-order chi connectivity index (χ0) is 14.6. The second-order valence-electron chi connectivity index (χ2n) is 5.55. The number of ether oxygens (including phenoxy) is 2. The third-order valence-corrected chi connectivity index (χ3v) is 4.47. The van der Waals surface area contributed by atoms with Gasteiger partial charge in [-0.1, -0.05) is 31.7 Å². The van der Waals surface area contributed by atoms with Crippen LogP contribution in [0.25, 0.3) is 0 Å². The highest BCUT2D eigenvalue weighted by molar-refractivity contribution is 5.32. The van der Waals surface area contributed by atoms with Crippen LogP contribution in [0.4, 0.5) is 4.39 Å². The lowest BCUT2D eigenvalue weighted by atomic mass is 9.82. The van der Waals surface area contributed by atoms with Crippen molar-refractivity contribution >= 4 is 0 Å². The van der Waals surface area contributed by atoms with Crippen molar-refractivity contribution in [3.8, 4) is 5.75 Å². The van der Waals surface area contributed by atoms with E-state index in [-0.39, 0.29) is 5.82 Å². The van der Waals surface area contributed by atoms with Crippen molar-refractivity contribution in [2.24, 2.45) is 5.73 Å². The van der Waals surface area contributed by atoms with E-state index in [0.717, 1.165) is 25.7 Å². The predicted octanol–water partition coefficient (Wildman–Crippen LogP) is 3.57. The third kappa shape index (κ3) is 2.96. The Balaban J connectivity index is 2.29. The minimum Gasteiger partial charge on any atom is -0.497 e. The molecule has 1 unspecified atom stereocenters. The molecule has 2 rings (SSSR count). The molecule has 0 radical (unpaired) electrons. The van der Waals surface area contributed by atoms with Gasteiger partial charge in [0.25, 0.3) is 0 Å². The Morgan fingerprint density at radius 2 is 1.80 bits per heavy atom. The predicted molar refractivity (Wildman–Crippen MR) is 77.3 cm³/mol. The third-order valence-electron chi connectivity index (χ3n) is 4.47. The van der Waals surface area contributed by atoms with Gasteiger partial charge in [0, 0.05) is 18.7 Å². The average molecular weight is 281 g/mol. The molecule has 20 heavy (non-hydrogen) atoms. The molecular formula is C16H24FNO2. The molecule has 0 heterocycles. The first-order valence-electron chi connectivity index (χ1n) is 7.27. The van der Waals surface area contributed by atoms with Crippen LogP contribution in [0.1, 0.15) is 50.1 Å². The van der Waals surface area contributed by atoms with E-state index >= 15 is 0 Å². The highest BCUT2D eigenvalue weighted by atomic mass is 19.1. The van der Waals surface area contributed by atoms with Crippen molar-refractivity contribution in [2.75, 3.05) is 14.2 Å². The van der Waals surface area contributed by atoms with Crippen LogP contribution in [0.5, 0.6) is 5.75 Å². The van der Waals surface area contributed by atoms with Gasteiger partial charge in [0.1, 0.15) is 11.6 Å². The lowest BCUT2D eigenvalue weighted by Crippen LogP contribution is -2.43. The van der Waals surface area contributed by atoms with Crippen LogP contribution in [0.3, 0.4) is 0 Å². The van der Waals surface area contributed by atoms with Gasteiger partial charge in [-0.25, -0.2) is 4.39 Å². The quantitative estimate of drug-likeness (QED) is 0.858. The maximum atomic E-state index is 14.2. The summed E-state index contributed by atoms with van der Waals surface area (Å²) in [6, 6.07) is 4.40. The van der Waals surface area contributed by atoms with Gasteiger partial charge in [-0.15, -0.1) is 0 Å². The molecule has 0 spiro atoms. The molecule has 4 heteroatoms. The normalized spacial score (nSPS) is 20.2. The number of rotatable bonds is 4. The maximum absolute atomic E-state index is 14.2. The SMILES string of the molecule is COc1ccc(C(N)C2(OC)CCCCCC2)c(F)c1. The molecule has 112 valence electrons. The summed E-state index contributed by atoms with van der Waals surface area (Å²) in [5, 5.41) is 0. The Hall–Kier alpha value is -1.13. The van der Waals surface area contributed by atoms with Crippen molar-refractivity contribution < 1.29 is 13.9 Å². The van der Waals surface area contributed by atoms with Gasteiger partial charge in [-0.05, 0) is 18.9 Å². The first-order valence-corrected chi connectivity index (χ1v) is 7.27. The fourth-order valence-corrected chi connectivity index (χ4v) is 3.14. The Morgan fingerprint density at radius 1 is 1.15 bits per heavy atom. The molecule has 1 saturated carbocycles. The zero-order valence-electron chi connectivity index (χ0n) is 12.3. The van der Waals surface area contributed by atoms with Gasteiger partial charge < -0.3 is 15.2 Å². The number of halogens is 1. The van der Waals surface area contributed by atoms with Crippen molar-refractivity contribution in [3.05, 3.63) is 29.6 Å². The Morgan fingerprint density at radius 3 is 2.30 bits per heavy atom. The zero-order valence-corrected chi connectivity index (χ0v) is 12.3. The van der Waals surface area contributed by atoms with E-state index in [9.17, 15) is 4.39 Å².